The van der Waals surface area contributed by atoms with Gasteiger partial charge in [-0.05, 0) is 30.5 Å². The molecule has 1 unspecified atom stereocenters. The fraction of sp³-hybridized carbons (Fsp3) is 0.533. The molecule has 7 heteroatoms. The lowest BCUT2D eigenvalue weighted by molar-refractivity contribution is -0.124. The summed E-state index contributed by atoms with van der Waals surface area (Å²) in [4.78, 5) is 14.2. The SMILES string of the molecule is CN(C)c1ccc(CNC(=O)C2CCCN2S(C)(=O)=O)cc1. The van der Waals surface area contributed by atoms with Crippen molar-refractivity contribution in [3.8, 4) is 0 Å². The minimum atomic E-state index is -3.33. The summed E-state index contributed by atoms with van der Waals surface area (Å²) in [6, 6.07) is 7.31. The minimum absolute atomic E-state index is 0.223. The lowest BCUT2D eigenvalue weighted by Crippen LogP contribution is -2.45. The Labute approximate surface area is 132 Å². The van der Waals surface area contributed by atoms with E-state index >= 15 is 0 Å². The summed E-state index contributed by atoms with van der Waals surface area (Å²) in [5, 5.41) is 2.83. The van der Waals surface area contributed by atoms with Crippen molar-refractivity contribution in [3.05, 3.63) is 29.8 Å². The van der Waals surface area contributed by atoms with Crippen LogP contribution in [0.4, 0.5) is 5.69 Å². The number of sulfonamides is 1. The fourth-order valence-corrected chi connectivity index (χ4v) is 3.74. The molecule has 0 bridgehead atoms. The second-order valence-corrected chi connectivity index (χ2v) is 7.75. The molecule has 22 heavy (non-hydrogen) atoms. The average Bonchev–Trinajstić information content (AvgIpc) is 2.94. The van der Waals surface area contributed by atoms with Gasteiger partial charge in [-0.2, -0.15) is 4.31 Å². The molecule has 0 saturated carbocycles. The predicted molar refractivity (Wildman–Crippen MR) is 87.2 cm³/mol. The topological polar surface area (TPSA) is 69.7 Å². The molecule has 1 N–H and O–H groups in total. The number of carbonyl (C=O) groups excluding carboxylic acids is 1. The van der Waals surface area contributed by atoms with Gasteiger partial charge in [0.15, 0.2) is 0 Å². The van der Waals surface area contributed by atoms with Gasteiger partial charge in [0.2, 0.25) is 15.9 Å². The number of nitrogens with zero attached hydrogens (tertiary/aromatic N) is 2. The molecule has 1 aliphatic heterocycles. The van der Waals surface area contributed by atoms with E-state index in [9.17, 15) is 13.2 Å². The quantitative estimate of drug-likeness (QED) is 0.869. The van der Waals surface area contributed by atoms with E-state index in [0.717, 1.165) is 23.9 Å². The molecule has 0 aliphatic carbocycles. The third-order valence-electron chi connectivity index (χ3n) is 3.85. The van der Waals surface area contributed by atoms with Crippen molar-refractivity contribution >= 4 is 21.6 Å². The Bertz CT molecular complexity index is 626. The molecule has 2 rings (SSSR count). The van der Waals surface area contributed by atoms with Crippen molar-refractivity contribution in [1.29, 1.82) is 0 Å². The van der Waals surface area contributed by atoms with Crippen LogP contribution in [-0.2, 0) is 21.4 Å². The highest BCUT2D eigenvalue weighted by Crippen LogP contribution is 2.20. The summed E-state index contributed by atoms with van der Waals surface area (Å²) in [6.45, 7) is 0.828. The summed E-state index contributed by atoms with van der Waals surface area (Å²) < 4.78 is 24.6. The van der Waals surface area contributed by atoms with Gasteiger partial charge in [-0.1, -0.05) is 12.1 Å². The standard InChI is InChI=1S/C15H23N3O3S/c1-17(2)13-8-6-12(7-9-13)11-16-15(19)14-5-4-10-18(14)22(3,20)21/h6-9,14H,4-5,10-11H2,1-3H3,(H,16,19). The summed E-state index contributed by atoms with van der Waals surface area (Å²) in [7, 11) is 0.610. The molecule has 122 valence electrons. The number of carbonyl (C=O) groups is 1. The van der Waals surface area contributed by atoms with Gasteiger partial charge < -0.3 is 10.2 Å². The van der Waals surface area contributed by atoms with Crippen molar-refractivity contribution in [1.82, 2.24) is 9.62 Å². The maximum atomic E-state index is 12.2. The minimum Gasteiger partial charge on any atom is -0.378 e. The predicted octanol–water partition coefficient (Wildman–Crippen LogP) is 0.793. The van der Waals surface area contributed by atoms with Crippen LogP contribution >= 0.6 is 0 Å². The monoisotopic (exact) mass is 325 g/mol. The molecule has 1 fully saturated rings. The molecule has 1 aromatic rings. The number of benzene rings is 1. The highest BCUT2D eigenvalue weighted by molar-refractivity contribution is 7.88. The molecule has 1 aliphatic rings. The van der Waals surface area contributed by atoms with Crippen molar-refractivity contribution in [2.75, 3.05) is 31.8 Å². The van der Waals surface area contributed by atoms with Gasteiger partial charge in [0, 0.05) is 32.9 Å². The summed E-state index contributed by atoms with van der Waals surface area (Å²) in [5.74, 6) is -0.223. The van der Waals surface area contributed by atoms with Gasteiger partial charge in [0.25, 0.3) is 0 Å². The van der Waals surface area contributed by atoms with E-state index in [4.69, 9.17) is 0 Å². The van der Waals surface area contributed by atoms with Crippen LogP contribution in [0.3, 0.4) is 0 Å². The summed E-state index contributed by atoms with van der Waals surface area (Å²) in [5.41, 5.74) is 2.08. The van der Waals surface area contributed by atoms with E-state index in [1.807, 2.05) is 43.3 Å². The highest BCUT2D eigenvalue weighted by atomic mass is 32.2. The number of nitrogens with one attached hydrogen (secondary N) is 1. The van der Waals surface area contributed by atoms with E-state index in [1.165, 1.54) is 4.31 Å². The molecule has 1 amide bonds. The van der Waals surface area contributed by atoms with E-state index < -0.39 is 16.1 Å². The first kappa shape index (κ1) is 16.8. The van der Waals surface area contributed by atoms with E-state index in [-0.39, 0.29) is 5.91 Å². The second-order valence-electron chi connectivity index (χ2n) is 5.81. The molecule has 1 atom stereocenters. The van der Waals surface area contributed by atoms with Crippen molar-refractivity contribution < 1.29 is 13.2 Å². The third-order valence-corrected chi connectivity index (χ3v) is 5.14. The van der Waals surface area contributed by atoms with Gasteiger partial charge in [-0.3, -0.25) is 4.79 Å². The first-order valence-corrected chi connectivity index (χ1v) is 9.14. The molecule has 1 heterocycles. The van der Waals surface area contributed by atoms with Crippen LogP contribution in [0.25, 0.3) is 0 Å². The number of anilines is 1. The molecule has 6 nitrogen and oxygen atoms in total. The Morgan fingerprint density at radius 2 is 1.95 bits per heavy atom. The van der Waals surface area contributed by atoms with Crippen LogP contribution in [0.5, 0.6) is 0 Å². The molecular formula is C15H23N3O3S. The first-order valence-electron chi connectivity index (χ1n) is 7.30. The van der Waals surface area contributed by atoms with E-state index in [1.54, 1.807) is 0 Å². The second kappa shape index (κ2) is 6.66. The Kier molecular flexibility index (Phi) is 5.08. The largest absolute Gasteiger partial charge is 0.378 e. The zero-order valence-electron chi connectivity index (χ0n) is 13.2. The summed E-state index contributed by atoms with van der Waals surface area (Å²) in [6.07, 6.45) is 2.46. The fourth-order valence-electron chi connectivity index (χ4n) is 2.62. The number of amides is 1. The van der Waals surface area contributed by atoms with Gasteiger partial charge in [0.1, 0.15) is 6.04 Å². The van der Waals surface area contributed by atoms with Gasteiger partial charge in [0.05, 0.1) is 6.26 Å². The lowest BCUT2D eigenvalue weighted by Gasteiger charge is -2.21. The lowest BCUT2D eigenvalue weighted by atomic mass is 10.2. The normalized spacial score (nSPS) is 19.1. The van der Waals surface area contributed by atoms with Crippen LogP contribution in [0.15, 0.2) is 24.3 Å². The Morgan fingerprint density at radius 3 is 2.50 bits per heavy atom. The highest BCUT2D eigenvalue weighted by Gasteiger charge is 2.36. The molecular weight excluding hydrogens is 302 g/mol. The van der Waals surface area contributed by atoms with Crippen LogP contribution in [0.1, 0.15) is 18.4 Å². The van der Waals surface area contributed by atoms with Crippen LogP contribution in [0, 0.1) is 0 Å². The number of rotatable bonds is 5. The average molecular weight is 325 g/mol. The van der Waals surface area contributed by atoms with Gasteiger partial charge in [-0.15, -0.1) is 0 Å². The zero-order valence-corrected chi connectivity index (χ0v) is 14.1. The van der Waals surface area contributed by atoms with Gasteiger partial charge in [-0.25, -0.2) is 8.42 Å². The first-order chi connectivity index (χ1) is 10.3. The maximum absolute atomic E-state index is 12.2. The Morgan fingerprint density at radius 1 is 1.32 bits per heavy atom. The molecule has 1 aromatic carbocycles. The van der Waals surface area contributed by atoms with Crippen molar-refractivity contribution in [2.24, 2.45) is 0 Å². The third kappa shape index (κ3) is 3.98. The van der Waals surface area contributed by atoms with Crippen LogP contribution < -0.4 is 10.2 Å². The molecule has 1 saturated heterocycles. The zero-order chi connectivity index (χ0) is 16.3. The molecule has 0 spiro atoms. The van der Waals surface area contributed by atoms with E-state index in [0.29, 0.717) is 19.5 Å². The Hall–Kier alpha value is -1.60. The number of hydrogen-bond acceptors (Lipinski definition) is 4. The van der Waals surface area contributed by atoms with E-state index in [2.05, 4.69) is 5.32 Å². The summed E-state index contributed by atoms with van der Waals surface area (Å²) >= 11 is 0. The molecule has 0 aromatic heterocycles. The van der Waals surface area contributed by atoms with Crippen molar-refractivity contribution in [3.63, 3.8) is 0 Å². The Balaban J connectivity index is 1.95. The van der Waals surface area contributed by atoms with Crippen molar-refractivity contribution in [2.45, 2.75) is 25.4 Å². The van der Waals surface area contributed by atoms with Crippen LogP contribution in [-0.4, -0.2) is 51.6 Å². The number of hydrogen-bond donors (Lipinski definition) is 1. The maximum Gasteiger partial charge on any atom is 0.238 e. The van der Waals surface area contributed by atoms with Gasteiger partial charge >= 0.3 is 0 Å². The molecule has 0 radical (unpaired) electrons. The smallest absolute Gasteiger partial charge is 0.238 e. The van der Waals surface area contributed by atoms with Crippen LogP contribution in [0.2, 0.25) is 0 Å².